The van der Waals surface area contributed by atoms with E-state index in [0.29, 0.717) is 6.54 Å². The van der Waals surface area contributed by atoms with Gasteiger partial charge in [-0.1, -0.05) is 6.07 Å². The van der Waals surface area contributed by atoms with Crippen molar-refractivity contribution in [3.05, 3.63) is 54.1 Å². The van der Waals surface area contributed by atoms with Crippen LogP contribution in [0.15, 0.2) is 42.6 Å². The highest BCUT2D eigenvalue weighted by atomic mass is 16.5. The Hall–Kier alpha value is -2.44. The van der Waals surface area contributed by atoms with Crippen LogP contribution in [0.3, 0.4) is 0 Å². The molecule has 3 aromatic rings. The molecule has 25 heavy (non-hydrogen) atoms. The average molecular weight is 337 g/mol. The van der Waals surface area contributed by atoms with E-state index in [1.54, 1.807) is 0 Å². The summed E-state index contributed by atoms with van der Waals surface area (Å²) in [6.07, 6.45) is 1.82. The number of aromatic nitrogens is 3. The van der Waals surface area contributed by atoms with Crippen LogP contribution in [0.4, 0.5) is 5.69 Å². The lowest BCUT2D eigenvalue weighted by Gasteiger charge is -2.26. The summed E-state index contributed by atoms with van der Waals surface area (Å²) in [6.45, 7) is 5.14. The topological polar surface area (TPSA) is 55.2 Å². The third-order valence-corrected chi connectivity index (χ3v) is 4.64. The molecule has 0 unspecified atom stereocenters. The number of rotatable bonds is 5. The molecule has 6 heteroatoms. The third kappa shape index (κ3) is 3.65. The number of morpholine rings is 1. The molecule has 1 aliphatic rings. The summed E-state index contributed by atoms with van der Waals surface area (Å²) in [5, 5.41) is 3.42. The van der Waals surface area contributed by atoms with E-state index in [2.05, 4.69) is 45.0 Å². The van der Waals surface area contributed by atoms with E-state index in [1.165, 1.54) is 0 Å². The number of imidazole rings is 1. The van der Waals surface area contributed by atoms with Gasteiger partial charge in [-0.25, -0.2) is 4.98 Å². The Bertz CT molecular complexity index is 840. The van der Waals surface area contributed by atoms with E-state index < -0.39 is 0 Å². The van der Waals surface area contributed by atoms with Crippen LogP contribution in [-0.2, 0) is 24.9 Å². The minimum absolute atomic E-state index is 0.708. The van der Waals surface area contributed by atoms with Crippen LogP contribution in [0.2, 0.25) is 0 Å². The molecule has 2 aromatic heterocycles. The van der Waals surface area contributed by atoms with Crippen molar-refractivity contribution in [2.45, 2.75) is 13.1 Å². The summed E-state index contributed by atoms with van der Waals surface area (Å²) in [6, 6.07) is 12.3. The molecule has 0 spiro atoms. The lowest BCUT2D eigenvalue weighted by atomic mass is 10.2. The minimum atomic E-state index is 0.708. The predicted molar refractivity (Wildman–Crippen MR) is 98.4 cm³/mol. The summed E-state index contributed by atoms with van der Waals surface area (Å²) in [4.78, 5) is 11.6. The summed E-state index contributed by atoms with van der Waals surface area (Å²) in [7, 11) is 2.09. The largest absolute Gasteiger partial charge is 0.379 e. The Morgan fingerprint density at radius 1 is 1.16 bits per heavy atom. The maximum atomic E-state index is 5.42. The van der Waals surface area contributed by atoms with Gasteiger partial charge in [0.05, 0.1) is 43.0 Å². The second-order valence-corrected chi connectivity index (χ2v) is 6.35. The second-order valence-electron chi connectivity index (χ2n) is 6.35. The van der Waals surface area contributed by atoms with Gasteiger partial charge >= 0.3 is 0 Å². The predicted octanol–water partition coefficient (Wildman–Crippen LogP) is 2.41. The van der Waals surface area contributed by atoms with E-state index in [0.717, 1.165) is 61.1 Å². The molecular formula is C19H23N5O. The zero-order valence-corrected chi connectivity index (χ0v) is 14.5. The van der Waals surface area contributed by atoms with E-state index in [-0.39, 0.29) is 0 Å². The average Bonchev–Trinajstić information content (AvgIpc) is 2.97. The molecule has 1 aliphatic heterocycles. The Balaban J connectivity index is 1.50. The lowest BCUT2D eigenvalue weighted by Crippen LogP contribution is -2.36. The van der Waals surface area contributed by atoms with E-state index in [9.17, 15) is 0 Å². The fourth-order valence-corrected chi connectivity index (χ4v) is 3.16. The highest BCUT2D eigenvalue weighted by Gasteiger charge is 2.15. The van der Waals surface area contributed by atoms with Crippen molar-refractivity contribution < 1.29 is 4.74 Å². The first-order valence-corrected chi connectivity index (χ1v) is 8.69. The van der Waals surface area contributed by atoms with Crippen molar-refractivity contribution in [3.63, 3.8) is 0 Å². The summed E-state index contributed by atoms with van der Waals surface area (Å²) in [5.41, 5.74) is 4.27. The van der Waals surface area contributed by atoms with Crippen molar-refractivity contribution in [1.82, 2.24) is 19.4 Å². The number of fused-ring (bicyclic) bond motifs is 1. The van der Waals surface area contributed by atoms with Gasteiger partial charge in [0.1, 0.15) is 5.82 Å². The van der Waals surface area contributed by atoms with Gasteiger partial charge in [-0.3, -0.25) is 9.88 Å². The first-order chi connectivity index (χ1) is 12.3. The van der Waals surface area contributed by atoms with Crippen LogP contribution in [0.5, 0.6) is 0 Å². The van der Waals surface area contributed by atoms with Gasteiger partial charge in [-0.15, -0.1) is 0 Å². The van der Waals surface area contributed by atoms with Crippen molar-refractivity contribution in [3.8, 4) is 0 Å². The summed E-state index contributed by atoms with van der Waals surface area (Å²) >= 11 is 0. The molecule has 0 radical (unpaired) electrons. The molecule has 0 atom stereocenters. The number of pyridine rings is 1. The first-order valence-electron chi connectivity index (χ1n) is 8.69. The molecule has 0 bridgehead atoms. The molecular weight excluding hydrogens is 314 g/mol. The van der Waals surface area contributed by atoms with Gasteiger partial charge in [0, 0.05) is 32.0 Å². The number of ether oxygens (including phenoxy) is 1. The molecule has 0 amide bonds. The van der Waals surface area contributed by atoms with E-state index in [4.69, 9.17) is 9.72 Å². The van der Waals surface area contributed by atoms with E-state index >= 15 is 0 Å². The van der Waals surface area contributed by atoms with Crippen LogP contribution in [0.25, 0.3) is 11.0 Å². The number of aryl methyl sites for hydroxylation is 1. The number of benzene rings is 1. The SMILES string of the molecule is Cn1c(CN2CCOCC2)nc2cc(NCc3ccccn3)ccc21. The third-order valence-electron chi connectivity index (χ3n) is 4.64. The standard InChI is InChI=1S/C19H23N5O/c1-23-18-6-5-15(21-13-16-4-2-3-7-20-16)12-17(18)22-19(23)14-24-8-10-25-11-9-24/h2-7,12,21H,8-11,13-14H2,1H3. The number of hydrogen-bond acceptors (Lipinski definition) is 5. The quantitative estimate of drug-likeness (QED) is 0.775. The molecule has 1 saturated heterocycles. The zero-order chi connectivity index (χ0) is 17.1. The maximum absolute atomic E-state index is 5.42. The van der Waals surface area contributed by atoms with Crippen molar-refractivity contribution in [2.75, 3.05) is 31.6 Å². The smallest absolute Gasteiger partial charge is 0.123 e. The van der Waals surface area contributed by atoms with Crippen LogP contribution < -0.4 is 5.32 Å². The molecule has 1 fully saturated rings. The fourth-order valence-electron chi connectivity index (χ4n) is 3.16. The van der Waals surface area contributed by atoms with Gasteiger partial charge in [-0.05, 0) is 30.3 Å². The van der Waals surface area contributed by atoms with Gasteiger partial charge in [0.15, 0.2) is 0 Å². The van der Waals surface area contributed by atoms with Gasteiger partial charge in [0.25, 0.3) is 0 Å². The monoisotopic (exact) mass is 337 g/mol. The van der Waals surface area contributed by atoms with E-state index in [1.807, 2.05) is 24.4 Å². The highest BCUT2D eigenvalue weighted by Crippen LogP contribution is 2.21. The summed E-state index contributed by atoms with van der Waals surface area (Å²) < 4.78 is 7.61. The van der Waals surface area contributed by atoms with Crippen LogP contribution >= 0.6 is 0 Å². The number of anilines is 1. The molecule has 4 rings (SSSR count). The number of nitrogens with one attached hydrogen (secondary N) is 1. The van der Waals surface area contributed by atoms with Crippen LogP contribution in [0.1, 0.15) is 11.5 Å². The van der Waals surface area contributed by atoms with Crippen molar-refractivity contribution in [1.29, 1.82) is 0 Å². The lowest BCUT2D eigenvalue weighted by molar-refractivity contribution is 0.0328. The van der Waals surface area contributed by atoms with Crippen molar-refractivity contribution >= 4 is 16.7 Å². The van der Waals surface area contributed by atoms with Crippen LogP contribution in [0, 0.1) is 0 Å². The molecule has 6 nitrogen and oxygen atoms in total. The maximum Gasteiger partial charge on any atom is 0.123 e. The Morgan fingerprint density at radius 3 is 2.84 bits per heavy atom. The Labute approximate surface area is 147 Å². The zero-order valence-electron chi connectivity index (χ0n) is 14.5. The molecule has 1 aromatic carbocycles. The van der Waals surface area contributed by atoms with Gasteiger partial charge < -0.3 is 14.6 Å². The highest BCUT2D eigenvalue weighted by molar-refractivity contribution is 5.80. The van der Waals surface area contributed by atoms with Gasteiger partial charge in [0.2, 0.25) is 0 Å². The fraction of sp³-hybridized carbons (Fsp3) is 0.368. The summed E-state index contributed by atoms with van der Waals surface area (Å²) in [5.74, 6) is 1.10. The molecule has 3 heterocycles. The number of nitrogens with zero attached hydrogens (tertiary/aromatic N) is 4. The Morgan fingerprint density at radius 2 is 2.04 bits per heavy atom. The van der Waals surface area contributed by atoms with Crippen LogP contribution in [-0.4, -0.2) is 45.7 Å². The first kappa shape index (κ1) is 16.1. The molecule has 0 aliphatic carbocycles. The molecule has 0 saturated carbocycles. The molecule has 1 N–H and O–H groups in total. The molecule has 130 valence electrons. The number of hydrogen-bond donors (Lipinski definition) is 1. The normalized spacial score (nSPS) is 15.6. The second kappa shape index (κ2) is 7.21. The van der Waals surface area contributed by atoms with Gasteiger partial charge in [-0.2, -0.15) is 0 Å². The minimum Gasteiger partial charge on any atom is -0.379 e. The van der Waals surface area contributed by atoms with Crippen molar-refractivity contribution in [2.24, 2.45) is 7.05 Å². The Kier molecular flexibility index (Phi) is 4.63.